The lowest BCUT2D eigenvalue weighted by Gasteiger charge is -2.43. The fraction of sp³-hybridized carbons (Fsp3) is 0.400. The molecule has 2 aromatic rings. The first-order valence-electron chi connectivity index (χ1n) is 11.5. The van der Waals surface area contributed by atoms with E-state index in [0.717, 1.165) is 11.6 Å². The second-order valence-corrected chi connectivity index (χ2v) is 9.58. The number of aromatic nitrogens is 1. The van der Waals surface area contributed by atoms with Crippen molar-refractivity contribution < 1.29 is 28.2 Å². The molecule has 10 heteroatoms. The van der Waals surface area contributed by atoms with Crippen LogP contribution in [0.5, 0.6) is 5.75 Å². The summed E-state index contributed by atoms with van der Waals surface area (Å²) in [6.07, 6.45) is 4.92. The molecule has 1 aromatic heterocycles. The second kappa shape index (κ2) is 8.21. The predicted molar refractivity (Wildman–Crippen MR) is 121 cm³/mol. The van der Waals surface area contributed by atoms with Crippen molar-refractivity contribution in [1.82, 2.24) is 14.8 Å². The summed E-state index contributed by atoms with van der Waals surface area (Å²) in [4.78, 5) is 40.8. The Balaban J connectivity index is 1.55. The highest BCUT2D eigenvalue weighted by molar-refractivity contribution is 5.99. The van der Waals surface area contributed by atoms with Crippen LogP contribution in [0.25, 0.3) is 0 Å². The number of pyridine rings is 1. The summed E-state index contributed by atoms with van der Waals surface area (Å²) in [5.41, 5.74) is -1.17. The molecular weight excluding hydrogens is 460 g/mol. The van der Waals surface area contributed by atoms with Crippen molar-refractivity contribution in [2.45, 2.75) is 57.3 Å². The molecule has 3 aliphatic rings. The molecule has 0 saturated carbocycles. The number of amides is 2. The lowest BCUT2D eigenvalue weighted by atomic mass is 9.84. The maximum Gasteiger partial charge on any atom is 0.274 e. The highest BCUT2D eigenvalue weighted by Gasteiger charge is 2.52. The molecule has 1 spiro atoms. The van der Waals surface area contributed by atoms with Gasteiger partial charge in [0, 0.05) is 43.4 Å². The first kappa shape index (κ1) is 23.1. The van der Waals surface area contributed by atoms with Crippen molar-refractivity contribution >= 4 is 11.8 Å². The van der Waals surface area contributed by atoms with Gasteiger partial charge in [0.15, 0.2) is 11.4 Å². The Morgan fingerprint density at radius 1 is 1.31 bits per heavy atom. The zero-order valence-corrected chi connectivity index (χ0v) is 19.3. The van der Waals surface area contributed by atoms with Gasteiger partial charge in [-0.3, -0.25) is 14.4 Å². The van der Waals surface area contributed by atoms with Crippen LogP contribution in [-0.2, 0) is 11.3 Å². The Hall–Kier alpha value is -3.69. The minimum atomic E-state index is -0.995. The fourth-order valence-electron chi connectivity index (χ4n) is 5.36. The highest BCUT2D eigenvalue weighted by atomic mass is 19.1. The van der Waals surface area contributed by atoms with Crippen LogP contribution < -0.4 is 10.7 Å². The van der Waals surface area contributed by atoms with Gasteiger partial charge in [0.2, 0.25) is 5.43 Å². The summed E-state index contributed by atoms with van der Waals surface area (Å²) >= 11 is 0. The van der Waals surface area contributed by atoms with E-state index < -0.39 is 46.3 Å². The Kier molecular flexibility index (Phi) is 5.41. The number of halogens is 2. The zero-order valence-electron chi connectivity index (χ0n) is 19.3. The van der Waals surface area contributed by atoms with E-state index in [1.807, 2.05) is 13.8 Å². The van der Waals surface area contributed by atoms with E-state index in [9.17, 15) is 28.3 Å². The Morgan fingerprint density at radius 2 is 2.09 bits per heavy atom. The van der Waals surface area contributed by atoms with Gasteiger partial charge in [-0.05, 0) is 38.3 Å². The molecule has 2 amide bonds. The molecule has 3 aliphatic heterocycles. The number of carbonyl (C=O) groups excluding carboxylic acids is 2. The molecule has 4 heterocycles. The molecule has 0 aliphatic carbocycles. The summed E-state index contributed by atoms with van der Waals surface area (Å²) in [7, 11) is 0. The standard InChI is InChI=1S/C25H25F2N3O5/c1-13-8-25(35-12-13)6-5-14(2)29-11-19(25)30-10-17(21(31)22(32)20(30)24(29)34)23(33)28-9-15-3-4-16(26)7-18(15)27/h3-4,7,10,12,14,19,32H,5-6,8-9,11H2,1-2H3,(H,28,33)/t14-,19+,25-/m0/s1. The van der Waals surface area contributed by atoms with E-state index >= 15 is 0 Å². The second-order valence-electron chi connectivity index (χ2n) is 9.58. The number of ether oxygens (including phenoxy) is 1. The maximum absolute atomic E-state index is 14.0. The lowest BCUT2D eigenvalue weighted by molar-refractivity contribution is -0.0188. The quantitative estimate of drug-likeness (QED) is 0.696. The molecule has 3 atom stereocenters. The topological polar surface area (TPSA) is 101 Å². The number of carbonyl (C=O) groups is 2. The van der Waals surface area contributed by atoms with Crippen LogP contribution in [-0.4, -0.2) is 44.6 Å². The number of nitrogens with zero attached hydrogens (tertiary/aromatic N) is 2. The SMILES string of the molecule is CC1=CO[C@@]2(CC[C@H](C)N3C[C@H]2n2cc(C(=O)NCc4ccc(F)cc4F)c(=O)c(O)c2C3=O)C1. The molecule has 35 heavy (non-hydrogen) atoms. The number of fused-ring (bicyclic) bond motifs is 5. The number of rotatable bonds is 3. The van der Waals surface area contributed by atoms with Crippen LogP contribution in [0.3, 0.4) is 0 Å². The van der Waals surface area contributed by atoms with Crippen LogP contribution in [0, 0.1) is 11.6 Å². The summed E-state index contributed by atoms with van der Waals surface area (Å²) in [6, 6.07) is 2.39. The van der Waals surface area contributed by atoms with Crippen molar-refractivity contribution in [3.05, 3.63) is 74.9 Å². The summed E-state index contributed by atoms with van der Waals surface area (Å²) < 4.78 is 34.8. The van der Waals surface area contributed by atoms with E-state index in [-0.39, 0.29) is 29.4 Å². The number of nitrogens with one attached hydrogen (secondary N) is 1. The summed E-state index contributed by atoms with van der Waals surface area (Å²) in [6.45, 7) is 3.88. The van der Waals surface area contributed by atoms with E-state index in [0.29, 0.717) is 31.9 Å². The third kappa shape index (κ3) is 3.67. The average molecular weight is 485 g/mol. The van der Waals surface area contributed by atoms with Gasteiger partial charge in [-0.2, -0.15) is 0 Å². The molecule has 8 nitrogen and oxygen atoms in total. The smallest absolute Gasteiger partial charge is 0.274 e. The first-order chi connectivity index (χ1) is 16.6. The number of hydrogen-bond donors (Lipinski definition) is 2. The molecule has 0 unspecified atom stereocenters. The highest BCUT2D eigenvalue weighted by Crippen LogP contribution is 2.47. The lowest BCUT2D eigenvalue weighted by Crippen LogP contribution is -2.52. The van der Waals surface area contributed by atoms with Gasteiger partial charge in [-0.15, -0.1) is 0 Å². The van der Waals surface area contributed by atoms with E-state index in [1.54, 1.807) is 11.2 Å². The molecule has 5 rings (SSSR count). The first-order valence-corrected chi connectivity index (χ1v) is 11.5. The fourth-order valence-corrected chi connectivity index (χ4v) is 5.36. The molecule has 1 fully saturated rings. The monoisotopic (exact) mass is 485 g/mol. The summed E-state index contributed by atoms with van der Waals surface area (Å²) in [5.74, 6) is -3.73. The Bertz CT molecular complexity index is 1340. The maximum atomic E-state index is 14.0. The molecule has 2 N–H and O–H groups in total. The molecule has 1 aromatic carbocycles. The van der Waals surface area contributed by atoms with Crippen molar-refractivity contribution in [3.8, 4) is 5.75 Å². The number of aromatic hydroxyl groups is 1. The van der Waals surface area contributed by atoms with Gasteiger partial charge in [0.1, 0.15) is 22.8 Å². The van der Waals surface area contributed by atoms with E-state index in [2.05, 4.69) is 5.32 Å². The van der Waals surface area contributed by atoms with Gasteiger partial charge >= 0.3 is 0 Å². The molecule has 2 bridgehead atoms. The molecular formula is C25H25F2N3O5. The third-order valence-corrected chi connectivity index (χ3v) is 7.28. The van der Waals surface area contributed by atoms with E-state index in [1.165, 1.54) is 16.8 Å². The van der Waals surface area contributed by atoms with Crippen LogP contribution in [0.4, 0.5) is 8.78 Å². The van der Waals surface area contributed by atoms with Gasteiger partial charge in [0.25, 0.3) is 11.8 Å². The van der Waals surface area contributed by atoms with Gasteiger partial charge in [-0.25, -0.2) is 8.78 Å². The van der Waals surface area contributed by atoms with Crippen LogP contribution in [0.15, 0.2) is 41.0 Å². The average Bonchev–Trinajstić information content (AvgIpc) is 3.14. The van der Waals surface area contributed by atoms with Crippen LogP contribution >= 0.6 is 0 Å². The van der Waals surface area contributed by atoms with Crippen LogP contribution in [0.2, 0.25) is 0 Å². The molecule has 1 saturated heterocycles. The minimum Gasteiger partial charge on any atom is -0.503 e. The largest absolute Gasteiger partial charge is 0.503 e. The number of benzene rings is 1. The van der Waals surface area contributed by atoms with Gasteiger partial charge in [0.05, 0.1) is 12.3 Å². The normalized spacial score (nSPS) is 25.1. The van der Waals surface area contributed by atoms with Gasteiger partial charge < -0.3 is 24.6 Å². The van der Waals surface area contributed by atoms with Gasteiger partial charge in [-0.1, -0.05) is 6.07 Å². The molecule has 0 radical (unpaired) electrons. The minimum absolute atomic E-state index is 0.0328. The van der Waals surface area contributed by atoms with Crippen molar-refractivity contribution in [3.63, 3.8) is 0 Å². The van der Waals surface area contributed by atoms with Crippen LogP contribution in [0.1, 0.15) is 65.6 Å². The predicted octanol–water partition coefficient (Wildman–Crippen LogP) is 3.00. The Labute approximate surface area is 199 Å². The van der Waals surface area contributed by atoms with Crippen molar-refractivity contribution in [1.29, 1.82) is 0 Å². The molecule has 184 valence electrons. The van der Waals surface area contributed by atoms with Crippen molar-refractivity contribution in [2.75, 3.05) is 6.54 Å². The van der Waals surface area contributed by atoms with E-state index in [4.69, 9.17) is 4.74 Å². The Morgan fingerprint density at radius 3 is 2.77 bits per heavy atom. The zero-order chi connectivity index (χ0) is 25.1. The number of hydrogen-bond acceptors (Lipinski definition) is 5. The third-order valence-electron chi connectivity index (χ3n) is 7.28. The summed E-state index contributed by atoms with van der Waals surface area (Å²) in [5, 5.41) is 13.2. The van der Waals surface area contributed by atoms with Crippen molar-refractivity contribution in [2.24, 2.45) is 0 Å².